The van der Waals surface area contributed by atoms with Gasteiger partial charge in [-0.15, -0.1) is 0 Å². The van der Waals surface area contributed by atoms with Crippen LogP contribution in [0.2, 0.25) is 0 Å². The standard InChI is InChI=1S/C23H29FN2O3S/c1-16(17-4-6-18(7-5-17)19-8-10-20(24)11-9-19)26-13-12-22(29-23(26)28)14-21(27)15-25(2)30-3/h4-11,16,21-22,27H,12-15H2,1-3H3. The Labute approximate surface area is 182 Å². The van der Waals surface area contributed by atoms with Crippen LogP contribution >= 0.6 is 11.9 Å². The minimum atomic E-state index is -0.525. The van der Waals surface area contributed by atoms with Crippen molar-refractivity contribution in [2.24, 2.45) is 0 Å². The molecular formula is C23H29FN2O3S. The number of rotatable bonds is 8. The summed E-state index contributed by atoms with van der Waals surface area (Å²) in [5, 5.41) is 10.2. The number of cyclic esters (lactones) is 1. The van der Waals surface area contributed by atoms with Crippen LogP contribution < -0.4 is 0 Å². The maximum Gasteiger partial charge on any atom is 0.410 e. The van der Waals surface area contributed by atoms with E-state index in [4.69, 9.17) is 4.74 Å². The zero-order valence-electron chi connectivity index (χ0n) is 17.6. The topological polar surface area (TPSA) is 53.0 Å². The molecule has 2 aromatic rings. The van der Waals surface area contributed by atoms with Crippen molar-refractivity contribution in [1.82, 2.24) is 9.21 Å². The van der Waals surface area contributed by atoms with Crippen molar-refractivity contribution in [1.29, 1.82) is 0 Å². The van der Waals surface area contributed by atoms with E-state index >= 15 is 0 Å². The van der Waals surface area contributed by atoms with Crippen LogP contribution in [0.5, 0.6) is 0 Å². The van der Waals surface area contributed by atoms with Gasteiger partial charge in [0.15, 0.2) is 0 Å². The molecule has 3 unspecified atom stereocenters. The number of carbonyl (C=O) groups excluding carboxylic acids is 1. The van der Waals surface area contributed by atoms with E-state index in [0.29, 0.717) is 25.9 Å². The van der Waals surface area contributed by atoms with Crippen molar-refractivity contribution < 1.29 is 19.0 Å². The fraction of sp³-hybridized carbons (Fsp3) is 0.435. The monoisotopic (exact) mass is 432 g/mol. The van der Waals surface area contributed by atoms with Gasteiger partial charge in [0.05, 0.1) is 12.1 Å². The fourth-order valence-corrected chi connectivity index (χ4v) is 4.01. The van der Waals surface area contributed by atoms with Gasteiger partial charge in [0.25, 0.3) is 0 Å². The Hall–Kier alpha value is -2.09. The molecule has 1 fully saturated rings. The second kappa shape index (κ2) is 10.3. The molecule has 30 heavy (non-hydrogen) atoms. The van der Waals surface area contributed by atoms with E-state index in [1.807, 2.05) is 48.8 Å². The van der Waals surface area contributed by atoms with Gasteiger partial charge in [0.2, 0.25) is 0 Å². The van der Waals surface area contributed by atoms with Gasteiger partial charge in [-0.25, -0.2) is 9.18 Å². The number of ether oxygens (including phenoxy) is 1. The predicted octanol–water partition coefficient (Wildman–Crippen LogP) is 4.73. The molecule has 7 heteroatoms. The van der Waals surface area contributed by atoms with Gasteiger partial charge < -0.3 is 14.7 Å². The molecule has 0 saturated carbocycles. The molecular weight excluding hydrogens is 403 g/mol. The number of benzene rings is 2. The largest absolute Gasteiger partial charge is 0.446 e. The van der Waals surface area contributed by atoms with Crippen molar-refractivity contribution >= 4 is 18.0 Å². The van der Waals surface area contributed by atoms with Crippen LogP contribution in [-0.4, -0.2) is 59.0 Å². The van der Waals surface area contributed by atoms with Crippen LogP contribution in [0, 0.1) is 5.82 Å². The molecule has 1 saturated heterocycles. The minimum Gasteiger partial charge on any atom is -0.446 e. The van der Waals surface area contributed by atoms with Crippen LogP contribution in [0.4, 0.5) is 9.18 Å². The minimum absolute atomic E-state index is 0.117. The Morgan fingerprint density at radius 3 is 2.37 bits per heavy atom. The van der Waals surface area contributed by atoms with Crippen molar-refractivity contribution in [3.63, 3.8) is 0 Å². The summed E-state index contributed by atoms with van der Waals surface area (Å²) >= 11 is 1.56. The summed E-state index contributed by atoms with van der Waals surface area (Å²) in [6.07, 6.45) is 1.98. The number of amides is 1. The molecule has 1 aliphatic heterocycles. The van der Waals surface area contributed by atoms with Crippen LogP contribution in [0.15, 0.2) is 48.5 Å². The van der Waals surface area contributed by atoms with Crippen LogP contribution in [-0.2, 0) is 4.74 Å². The van der Waals surface area contributed by atoms with Crippen molar-refractivity contribution in [3.05, 3.63) is 59.9 Å². The summed E-state index contributed by atoms with van der Waals surface area (Å²) in [4.78, 5) is 14.3. The van der Waals surface area contributed by atoms with Gasteiger partial charge >= 0.3 is 6.09 Å². The maximum atomic E-state index is 13.1. The Bertz CT molecular complexity index is 831. The van der Waals surface area contributed by atoms with Crippen molar-refractivity contribution in [2.75, 3.05) is 26.4 Å². The predicted molar refractivity (Wildman–Crippen MR) is 119 cm³/mol. The highest BCUT2D eigenvalue weighted by Crippen LogP contribution is 2.28. The number of hydrogen-bond acceptors (Lipinski definition) is 5. The van der Waals surface area contributed by atoms with Gasteiger partial charge in [0, 0.05) is 25.9 Å². The van der Waals surface area contributed by atoms with E-state index < -0.39 is 6.10 Å². The van der Waals surface area contributed by atoms with E-state index in [1.54, 1.807) is 29.0 Å². The quantitative estimate of drug-likeness (QED) is 0.612. The number of hydrogen-bond donors (Lipinski definition) is 1. The molecule has 0 bridgehead atoms. The first-order valence-corrected chi connectivity index (χ1v) is 11.3. The molecule has 162 valence electrons. The molecule has 1 N–H and O–H groups in total. The SMILES string of the molecule is CSN(C)CC(O)CC1CCN(C(C)c2ccc(-c3ccc(F)cc3)cc2)C(=O)O1. The molecule has 1 aliphatic rings. The Balaban J connectivity index is 1.57. The number of nitrogens with zero attached hydrogens (tertiary/aromatic N) is 2. The number of aliphatic hydroxyl groups is 1. The van der Waals surface area contributed by atoms with Gasteiger partial charge in [-0.3, -0.25) is 4.31 Å². The Kier molecular flexibility index (Phi) is 7.75. The number of likely N-dealkylation sites (N-methyl/N-ethyl adjacent to an activating group) is 1. The molecule has 1 heterocycles. The summed E-state index contributed by atoms with van der Waals surface area (Å²) in [5.74, 6) is -0.255. The highest BCUT2D eigenvalue weighted by atomic mass is 32.2. The summed E-state index contributed by atoms with van der Waals surface area (Å²) in [5.41, 5.74) is 2.95. The number of halogens is 1. The van der Waals surface area contributed by atoms with Crippen molar-refractivity contribution in [2.45, 2.75) is 38.0 Å². The molecule has 0 aromatic heterocycles. The molecule has 5 nitrogen and oxygen atoms in total. The molecule has 0 spiro atoms. The lowest BCUT2D eigenvalue weighted by Gasteiger charge is -2.36. The first-order valence-electron chi connectivity index (χ1n) is 10.1. The molecule has 3 atom stereocenters. The Morgan fingerprint density at radius 2 is 1.80 bits per heavy atom. The second-order valence-electron chi connectivity index (χ2n) is 7.68. The molecule has 3 rings (SSSR count). The van der Waals surface area contributed by atoms with Crippen LogP contribution in [0.1, 0.15) is 31.4 Å². The smallest absolute Gasteiger partial charge is 0.410 e. The van der Waals surface area contributed by atoms with Gasteiger partial charge in [-0.2, -0.15) is 0 Å². The third kappa shape index (κ3) is 5.74. The van der Waals surface area contributed by atoms with E-state index in [1.165, 1.54) is 12.1 Å². The van der Waals surface area contributed by atoms with Gasteiger partial charge in [-0.05, 0) is 49.1 Å². The van der Waals surface area contributed by atoms with Crippen LogP contribution in [0.3, 0.4) is 0 Å². The average Bonchev–Trinajstić information content (AvgIpc) is 2.74. The van der Waals surface area contributed by atoms with E-state index in [9.17, 15) is 14.3 Å². The molecule has 0 aliphatic carbocycles. The number of carbonyl (C=O) groups is 1. The van der Waals surface area contributed by atoms with Gasteiger partial charge in [0.1, 0.15) is 11.9 Å². The van der Waals surface area contributed by atoms with Crippen molar-refractivity contribution in [3.8, 4) is 11.1 Å². The highest BCUT2D eigenvalue weighted by Gasteiger charge is 2.32. The average molecular weight is 433 g/mol. The molecule has 2 aromatic carbocycles. The Morgan fingerprint density at radius 1 is 1.20 bits per heavy atom. The lowest BCUT2D eigenvalue weighted by molar-refractivity contribution is -0.00986. The second-order valence-corrected chi connectivity index (χ2v) is 8.66. The third-order valence-electron chi connectivity index (χ3n) is 5.55. The normalized spacial score (nSPS) is 18.9. The van der Waals surface area contributed by atoms with E-state index in [2.05, 4.69) is 0 Å². The first-order chi connectivity index (χ1) is 14.4. The summed E-state index contributed by atoms with van der Waals surface area (Å²) in [6, 6.07) is 14.2. The summed E-state index contributed by atoms with van der Waals surface area (Å²) < 4.78 is 20.7. The van der Waals surface area contributed by atoms with Crippen LogP contribution in [0.25, 0.3) is 11.1 Å². The fourth-order valence-electron chi connectivity index (χ4n) is 3.69. The summed E-state index contributed by atoms with van der Waals surface area (Å²) in [7, 11) is 1.92. The number of aliphatic hydroxyl groups excluding tert-OH is 1. The van der Waals surface area contributed by atoms with E-state index in [0.717, 1.165) is 16.7 Å². The van der Waals surface area contributed by atoms with E-state index in [-0.39, 0.29) is 24.1 Å². The first kappa shape index (κ1) is 22.6. The van der Waals surface area contributed by atoms with Gasteiger partial charge in [-0.1, -0.05) is 48.3 Å². The zero-order chi connectivity index (χ0) is 21.7. The zero-order valence-corrected chi connectivity index (χ0v) is 18.4. The molecule has 0 radical (unpaired) electrons. The lowest BCUT2D eigenvalue weighted by atomic mass is 10.00. The third-order valence-corrected chi connectivity index (χ3v) is 6.32. The molecule has 1 amide bonds. The lowest BCUT2D eigenvalue weighted by Crippen LogP contribution is -2.44. The highest BCUT2D eigenvalue weighted by molar-refractivity contribution is 7.96. The maximum absolute atomic E-state index is 13.1. The summed E-state index contributed by atoms with van der Waals surface area (Å²) in [6.45, 7) is 3.11.